The lowest BCUT2D eigenvalue weighted by atomic mass is 10.2. The number of furan rings is 1. The first kappa shape index (κ1) is 14.8. The van der Waals surface area contributed by atoms with Gasteiger partial charge in [-0.3, -0.25) is 9.69 Å². The fraction of sp³-hybridized carbons (Fsp3) is 0.188. The second-order valence-corrected chi connectivity index (χ2v) is 4.75. The van der Waals surface area contributed by atoms with Crippen molar-refractivity contribution in [2.24, 2.45) is 0 Å². The fourth-order valence-electron chi connectivity index (χ4n) is 2.17. The van der Waals surface area contributed by atoms with Gasteiger partial charge in [0.25, 0.3) is 5.91 Å². The minimum absolute atomic E-state index is 0.179. The van der Waals surface area contributed by atoms with E-state index < -0.39 is 0 Å². The third-order valence-electron chi connectivity index (χ3n) is 3.37. The van der Waals surface area contributed by atoms with Gasteiger partial charge in [0.05, 0.1) is 14.2 Å². The molecule has 0 saturated heterocycles. The minimum Gasteiger partial charge on any atom is -0.493 e. The number of hydrogen-bond acceptors (Lipinski definition) is 6. The molecule has 1 aromatic carbocycles. The van der Waals surface area contributed by atoms with Crippen LogP contribution in [-0.4, -0.2) is 37.1 Å². The maximum absolute atomic E-state index is 12.6. The van der Waals surface area contributed by atoms with Crippen molar-refractivity contribution in [2.45, 2.75) is 0 Å². The van der Waals surface area contributed by atoms with E-state index >= 15 is 0 Å². The molecule has 3 aromatic rings. The number of aromatic nitrogens is 2. The van der Waals surface area contributed by atoms with Gasteiger partial charge in [-0.25, -0.2) is 4.98 Å². The summed E-state index contributed by atoms with van der Waals surface area (Å²) in [4.78, 5) is 22.1. The van der Waals surface area contributed by atoms with Crippen LogP contribution >= 0.6 is 0 Å². The van der Waals surface area contributed by atoms with Crippen molar-refractivity contribution in [1.82, 2.24) is 9.97 Å². The van der Waals surface area contributed by atoms with Gasteiger partial charge in [0.1, 0.15) is 0 Å². The van der Waals surface area contributed by atoms with E-state index in [0.717, 1.165) is 5.39 Å². The van der Waals surface area contributed by atoms with Gasteiger partial charge in [-0.1, -0.05) is 12.1 Å². The smallest absolute Gasteiger partial charge is 0.296 e. The highest BCUT2D eigenvalue weighted by Crippen LogP contribution is 2.29. The topological polar surface area (TPSA) is 77.7 Å². The van der Waals surface area contributed by atoms with Gasteiger partial charge in [-0.05, 0) is 12.1 Å². The van der Waals surface area contributed by atoms with Gasteiger partial charge in [-0.2, -0.15) is 4.98 Å². The van der Waals surface area contributed by atoms with Crippen molar-refractivity contribution >= 4 is 22.8 Å². The number of methoxy groups -OCH3 is 2. The number of nitrogens with zero attached hydrogens (tertiary/aromatic N) is 3. The lowest BCUT2D eigenvalue weighted by Gasteiger charge is -2.13. The number of amides is 1. The Bertz CT molecular complexity index is 859. The zero-order valence-electron chi connectivity index (χ0n) is 12.9. The molecule has 118 valence electrons. The Hall–Kier alpha value is -3.09. The molecule has 0 unspecified atom stereocenters. The Morgan fingerprint density at radius 1 is 1.22 bits per heavy atom. The summed E-state index contributed by atoms with van der Waals surface area (Å²) < 4.78 is 15.9. The average molecular weight is 313 g/mol. The summed E-state index contributed by atoms with van der Waals surface area (Å²) in [6, 6.07) is 8.72. The maximum atomic E-state index is 12.6. The van der Waals surface area contributed by atoms with Gasteiger partial charge >= 0.3 is 0 Å². The third kappa shape index (κ3) is 2.68. The summed E-state index contributed by atoms with van der Waals surface area (Å²) in [5.74, 6) is 0.986. The molecule has 7 heteroatoms. The van der Waals surface area contributed by atoms with E-state index in [9.17, 15) is 4.79 Å². The molecule has 0 radical (unpaired) electrons. The largest absolute Gasteiger partial charge is 0.493 e. The highest BCUT2D eigenvalue weighted by Gasteiger charge is 2.21. The van der Waals surface area contributed by atoms with Crippen LogP contribution in [0.1, 0.15) is 10.6 Å². The Morgan fingerprint density at radius 3 is 2.78 bits per heavy atom. The van der Waals surface area contributed by atoms with Crippen molar-refractivity contribution < 1.29 is 18.7 Å². The number of para-hydroxylation sites is 1. The summed E-state index contributed by atoms with van der Waals surface area (Å²) in [5.41, 5.74) is 0.526. The predicted molar refractivity (Wildman–Crippen MR) is 84.1 cm³/mol. The maximum Gasteiger partial charge on any atom is 0.296 e. The summed E-state index contributed by atoms with van der Waals surface area (Å²) in [6.45, 7) is 0. The molecule has 3 rings (SSSR count). The lowest BCUT2D eigenvalue weighted by Crippen LogP contribution is -2.27. The molecule has 0 aliphatic heterocycles. The van der Waals surface area contributed by atoms with Crippen LogP contribution in [0.3, 0.4) is 0 Å². The Kier molecular flexibility index (Phi) is 3.84. The number of ether oxygens (including phenoxy) is 2. The van der Waals surface area contributed by atoms with Gasteiger partial charge in [0.2, 0.25) is 11.8 Å². The van der Waals surface area contributed by atoms with Crippen LogP contribution in [0.5, 0.6) is 11.6 Å². The quantitative estimate of drug-likeness (QED) is 0.736. The van der Waals surface area contributed by atoms with Crippen LogP contribution in [0.4, 0.5) is 5.95 Å². The Labute approximate surface area is 132 Å². The Balaban J connectivity index is 1.96. The average Bonchev–Trinajstić information content (AvgIpc) is 3.04. The lowest BCUT2D eigenvalue weighted by molar-refractivity contribution is 0.0967. The standard InChI is InChI=1S/C16H15N3O4/c1-19(16-17-8-7-13(18-16)22-3)15(20)12-9-10-5-4-6-11(21-2)14(10)23-12/h4-9H,1-3H3. The molecule has 0 N–H and O–H groups in total. The number of rotatable bonds is 4. The second kappa shape index (κ2) is 5.96. The summed E-state index contributed by atoms with van der Waals surface area (Å²) in [7, 11) is 4.62. The van der Waals surface area contributed by atoms with Gasteiger partial charge in [0.15, 0.2) is 17.1 Å². The van der Waals surface area contributed by atoms with Crippen molar-refractivity contribution in [1.29, 1.82) is 0 Å². The molecular weight excluding hydrogens is 298 g/mol. The van der Waals surface area contributed by atoms with Crippen LogP contribution in [0.25, 0.3) is 11.0 Å². The molecule has 7 nitrogen and oxygen atoms in total. The Morgan fingerprint density at radius 2 is 2.04 bits per heavy atom. The van der Waals surface area contributed by atoms with Crippen molar-refractivity contribution in [3.63, 3.8) is 0 Å². The number of hydrogen-bond donors (Lipinski definition) is 0. The first-order chi connectivity index (χ1) is 11.1. The van der Waals surface area contributed by atoms with Crippen LogP contribution in [0, 0.1) is 0 Å². The van der Waals surface area contributed by atoms with E-state index in [2.05, 4.69) is 9.97 Å². The van der Waals surface area contributed by atoms with E-state index in [4.69, 9.17) is 13.9 Å². The molecular formula is C16H15N3O4. The first-order valence-electron chi connectivity index (χ1n) is 6.85. The molecule has 0 atom stereocenters. The number of fused-ring (bicyclic) bond motifs is 1. The van der Waals surface area contributed by atoms with Gasteiger partial charge in [-0.15, -0.1) is 0 Å². The first-order valence-corrected chi connectivity index (χ1v) is 6.85. The van der Waals surface area contributed by atoms with Crippen LogP contribution in [0.15, 0.2) is 40.9 Å². The van der Waals surface area contributed by atoms with Gasteiger partial charge < -0.3 is 13.9 Å². The molecule has 1 amide bonds. The molecule has 0 spiro atoms. The van der Waals surface area contributed by atoms with Crippen LogP contribution < -0.4 is 14.4 Å². The number of anilines is 1. The number of benzene rings is 1. The van der Waals surface area contributed by atoms with E-state index in [1.165, 1.54) is 18.2 Å². The molecule has 2 aromatic heterocycles. The van der Waals surface area contributed by atoms with E-state index in [1.54, 1.807) is 32.4 Å². The van der Waals surface area contributed by atoms with E-state index in [1.807, 2.05) is 12.1 Å². The van der Waals surface area contributed by atoms with Crippen LogP contribution in [0.2, 0.25) is 0 Å². The molecule has 0 aliphatic rings. The zero-order valence-corrected chi connectivity index (χ0v) is 12.9. The minimum atomic E-state index is -0.364. The normalized spacial score (nSPS) is 10.6. The summed E-state index contributed by atoms with van der Waals surface area (Å²) in [5, 5.41) is 0.785. The summed E-state index contributed by atoms with van der Waals surface area (Å²) >= 11 is 0. The molecule has 0 bridgehead atoms. The van der Waals surface area contributed by atoms with E-state index in [0.29, 0.717) is 17.2 Å². The molecule has 0 fully saturated rings. The number of carbonyl (C=O) groups is 1. The SMILES string of the molecule is COc1ccnc(N(C)C(=O)c2cc3cccc(OC)c3o2)n1. The fourth-order valence-corrected chi connectivity index (χ4v) is 2.17. The van der Waals surface area contributed by atoms with Crippen molar-refractivity contribution in [3.8, 4) is 11.6 Å². The number of carbonyl (C=O) groups excluding carboxylic acids is 1. The third-order valence-corrected chi connectivity index (χ3v) is 3.37. The zero-order chi connectivity index (χ0) is 16.4. The molecule has 0 aliphatic carbocycles. The molecule has 23 heavy (non-hydrogen) atoms. The second-order valence-electron chi connectivity index (χ2n) is 4.75. The highest BCUT2D eigenvalue weighted by molar-refractivity contribution is 6.05. The highest BCUT2D eigenvalue weighted by atomic mass is 16.5. The van der Waals surface area contributed by atoms with Crippen LogP contribution in [-0.2, 0) is 0 Å². The van der Waals surface area contributed by atoms with Crippen molar-refractivity contribution in [3.05, 3.63) is 42.3 Å². The predicted octanol–water partition coefficient (Wildman–Crippen LogP) is 2.52. The molecule has 0 saturated carbocycles. The van der Waals surface area contributed by atoms with Crippen molar-refractivity contribution in [2.75, 3.05) is 26.2 Å². The summed E-state index contributed by atoms with van der Waals surface area (Å²) in [6.07, 6.45) is 1.52. The van der Waals surface area contributed by atoms with Gasteiger partial charge in [0, 0.05) is 24.7 Å². The molecule has 2 heterocycles. The monoisotopic (exact) mass is 313 g/mol. The van der Waals surface area contributed by atoms with E-state index in [-0.39, 0.29) is 17.6 Å².